The summed E-state index contributed by atoms with van der Waals surface area (Å²) in [5.74, 6) is 0. The number of para-hydroxylation sites is 1. The van der Waals surface area contributed by atoms with Crippen LogP contribution in [0.3, 0.4) is 0 Å². The van der Waals surface area contributed by atoms with Gasteiger partial charge in [-0.3, -0.25) is 0 Å². The third-order valence-electron chi connectivity index (χ3n) is 2.60. The second-order valence-corrected chi connectivity index (χ2v) is 4.51. The number of aromatic nitrogens is 1. The molecule has 0 aliphatic rings. The number of nitrogen functional groups attached to an aromatic ring is 1. The number of anilines is 1. The van der Waals surface area contributed by atoms with Gasteiger partial charge in [0.25, 0.3) is 0 Å². The molecule has 0 saturated carbocycles. The van der Waals surface area contributed by atoms with Crippen LogP contribution < -0.4 is 5.73 Å². The van der Waals surface area contributed by atoms with Crippen molar-refractivity contribution >= 4 is 27.2 Å². The smallest absolute Gasteiger partial charge is 0.0818 e. The molecule has 0 saturated heterocycles. The zero-order chi connectivity index (χ0) is 11.0. The standard InChI is InChI=1S/C13H10N2S/c14-11-4-2-1-3-10(11)9-5-6-13-12(7-9)15-8-16-13/h1-8H,14H2. The predicted octanol–water partition coefficient (Wildman–Crippen LogP) is 3.55. The number of nitrogens with zero attached hydrogens (tertiary/aromatic N) is 1. The summed E-state index contributed by atoms with van der Waals surface area (Å²) in [6.07, 6.45) is 0. The summed E-state index contributed by atoms with van der Waals surface area (Å²) in [6, 6.07) is 14.2. The number of hydrogen-bond acceptors (Lipinski definition) is 3. The number of rotatable bonds is 1. The molecule has 0 aliphatic heterocycles. The second kappa shape index (κ2) is 3.61. The number of hydrogen-bond donors (Lipinski definition) is 1. The lowest BCUT2D eigenvalue weighted by Gasteiger charge is -2.04. The van der Waals surface area contributed by atoms with Crippen LogP contribution in [0.25, 0.3) is 21.3 Å². The Morgan fingerprint density at radius 2 is 1.94 bits per heavy atom. The van der Waals surface area contributed by atoms with E-state index >= 15 is 0 Å². The van der Waals surface area contributed by atoms with Gasteiger partial charge in [-0.15, -0.1) is 11.3 Å². The van der Waals surface area contributed by atoms with Crippen molar-refractivity contribution in [3.05, 3.63) is 48.0 Å². The van der Waals surface area contributed by atoms with Gasteiger partial charge in [-0.25, -0.2) is 4.98 Å². The van der Waals surface area contributed by atoms with Gasteiger partial charge in [-0.2, -0.15) is 0 Å². The summed E-state index contributed by atoms with van der Waals surface area (Å²) in [6.45, 7) is 0. The molecule has 1 heterocycles. The third kappa shape index (κ3) is 1.46. The van der Waals surface area contributed by atoms with Crippen molar-refractivity contribution in [1.82, 2.24) is 4.98 Å². The Labute approximate surface area is 97.4 Å². The minimum absolute atomic E-state index is 0.803. The highest BCUT2D eigenvalue weighted by molar-refractivity contribution is 7.16. The lowest BCUT2D eigenvalue weighted by Crippen LogP contribution is -1.88. The average Bonchev–Trinajstić information content (AvgIpc) is 2.76. The van der Waals surface area contributed by atoms with E-state index in [2.05, 4.69) is 23.2 Å². The van der Waals surface area contributed by atoms with E-state index in [1.165, 1.54) is 4.70 Å². The molecule has 0 spiro atoms. The van der Waals surface area contributed by atoms with Crippen LogP contribution in [0.15, 0.2) is 48.0 Å². The fourth-order valence-electron chi connectivity index (χ4n) is 1.79. The van der Waals surface area contributed by atoms with E-state index in [4.69, 9.17) is 5.73 Å². The van der Waals surface area contributed by atoms with Gasteiger partial charge in [0.05, 0.1) is 15.7 Å². The molecule has 3 rings (SSSR count). The van der Waals surface area contributed by atoms with Crippen molar-refractivity contribution in [2.75, 3.05) is 5.73 Å². The van der Waals surface area contributed by atoms with E-state index in [-0.39, 0.29) is 0 Å². The molecule has 0 amide bonds. The van der Waals surface area contributed by atoms with Crippen LogP contribution in [0.2, 0.25) is 0 Å². The Kier molecular flexibility index (Phi) is 2.11. The normalized spacial score (nSPS) is 10.8. The quantitative estimate of drug-likeness (QED) is 0.644. The average molecular weight is 226 g/mol. The van der Waals surface area contributed by atoms with Gasteiger partial charge in [0.2, 0.25) is 0 Å². The summed E-state index contributed by atoms with van der Waals surface area (Å²) in [5, 5.41) is 0. The van der Waals surface area contributed by atoms with Crippen LogP contribution >= 0.6 is 11.3 Å². The van der Waals surface area contributed by atoms with Gasteiger partial charge < -0.3 is 5.73 Å². The number of fused-ring (bicyclic) bond motifs is 1. The molecule has 2 nitrogen and oxygen atoms in total. The van der Waals surface area contributed by atoms with Gasteiger partial charge in [0.1, 0.15) is 0 Å². The fraction of sp³-hybridized carbons (Fsp3) is 0. The van der Waals surface area contributed by atoms with E-state index < -0.39 is 0 Å². The van der Waals surface area contributed by atoms with Crippen molar-refractivity contribution in [2.24, 2.45) is 0 Å². The Hall–Kier alpha value is -1.87. The van der Waals surface area contributed by atoms with Crippen molar-refractivity contribution in [1.29, 1.82) is 0 Å². The van der Waals surface area contributed by atoms with Gasteiger partial charge in [0, 0.05) is 11.3 Å². The first-order valence-electron chi connectivity index (χ1n) is 5.03. The molecule has 0 unspecified atom stereocenters. The molecule has 78 valence electrons. The first kappa shape index (κ1) is 9.36. The maximum absolute atomic E-state index is 5.95. The third-order valence-corrected chi connectivity index (χ3v) is 3.41. The highest BCUT2D eigenvalue weighted by Crippen LogP contribution is 2.29. The van der Waals surface area contributed by atoms with Crippen molar-refractivity contribution in [2.45, 2.75) is 0 Å². The first-order valence-corrected chi connectivity index (χ1v) is 5.91. The molecular weight excluding hydrogens is 216 g/mol. The van der Waals surface area contributed by atoms with E-state index in [0.29, 0.717) is 0 Å². The Morgan fingerprint density at radius 3 is 2.81 bits per heavy atom. The molecule has 0 atom stereocenters. The number of benzene rings is 2. The van der Waals surface area contributed by atoms with Crippen LogP contribution in [-0.2, 0) is 0 Å². The Bertz CT molecular complexity index is 643. The monoisotopic (exact) mass is 226 g/mol. The lowest BCUT2D eigenvalue weighted by molar-refractivity contribution is 1.50. The summed E-state index contributed by atoms with van der Waals surface area (Å²) in [4.78, 5) is 4.31. The van der Waals surface area contributed by atoms with Crippen LogP contribution in [0.4, 0.5) is 5.69 Å². The summed E-state index contributed by atoms with van der Waals surface area (Å²) in [7, 11) is 0. The van der Waals surface area contributed by atoms with Gasteiger partial charge in [-0.05, 0) is 23.8 Å². The summed E-state index contributed by atoms with van der Waals surface area (Å²) in [5.41, 5.74) is 11.8. The summed E-state index contributed by atoms with van der Waals surface area (Å²) < 4.78 is 1.21. The van der Waals surface area contributed by atoms with Gasteiger partial charge >= 0.3 is 0 Å². The van der Waals surface area contributed by atoms with E-state index in [0.717, 1.165) is 22.3 Å². The zero-order valence-electron chi connectivity index (χ0n) is 8.55. The molecule has 16 heavy (non-hydrogen) atoms. The van der Waals surface area contributed by atoms with Crippen LogP contribution in [0.5, 0.6) is 0 Å². The fourth-order valence-corrected chi connectivity index (χ4v) is 2.44. The van der Waals surface area contributed by atoms with Crippen LogP contribution in [-0.4, -0.2) is 4.98 Å². The van der Waals surface area contributed by atoms with Gasteiger partial charge in [-0.1, -0.05) is 24.3 Å². The molecule has 3 aromatic rings. The predicted molar refractivity (Wildman–Crippen MR) is 69.5 cm³/mol. The Morgan fingerprint density at radius 1 is 1.06 bits per heavy atom. The van der Waals surface area contributed by atoms with Crippen LogP contribution in [0, 0.1) is 0 Å². The second-order valence-electron chi connectivity index (χ2n) is 3.62. The maximum atomic E-state index is 5.95. The molecule has 0 fully saturated rings. The minimum atomic E-state index is 0.803. The summed E-state index contributed by atoms with van der Waals surface area (Å²) >= 11 is 1.65. The maximum Gasteiger partial charge on any atom is 0.0818 e. The number of nitrogens with two attached hydrogens (primary N) is 1. The Balaban J connectivity index is 2.22. The molecule has 3 heteroatoms. The van der Waals surface area contributed by atoms with Crippen LogP contribution in [0.1, 0.15) is 0 Å². The van der Waals surface area contributed by atoms with E-state index in [1.54, 1.807) is 11.3 Å². The van der Waals surface area contributed by atoms with Crippen molar-refractivity contribution in [3.8, 4) is 11.1 Å². The van der Waals surface area contributed by atoms with Gasteiger partial charge in [0.15, 0.2) is 0 Å². The van der Waals surface area contributed by atoms with Crippen molar-refractivity contribution in [3.63, 3.8) is 0 Å². The molecule has 2 aromatic carbocycles. The van der Waals surface area contributed by atoms with E-state index in [9.17, 15) is 0 Å². The first-order chi connectivity index (χ1) is 7.84. The SMILES string of the molecule is Nc1ccccc1-c1ccc2scnc2c1. The molecule has 0 aliphatic carbocycles. The molecule has 0 bridgehead atoms. The highest BCUT2D eigenvalue weighted by atomic mass is 32.1. The van der Waals surface area contributed by atoms with Crippen molar-refractivity contribution < 1.29 is 0 Å². The molecule has 1 aromatic heterocycles. The molecular formula is C13H10N2S. The molecule has 0 radical (unpaired) electrons. The minimum Gasteiger partial charge on any atom is -0.398 e. The topological polar surface area (TPSA) is 38.9 Å². The lowest BCUT2D eigenvalue weighted by atomic mass is 10.0. The largest absolute Gasteiger partial charge is 0.398 e. The van der Waals surface area contributed by atoms with E-state index in [1.807, 2.05) is 29.8 Å². The highest BCUT2D eigenvalue weighted by Gasteiger charge is 2.03. The molecule has 2 N–H and O–H groups in total. The number of thiazole rings is 1. The zero-order valence-corrected chi connectivity index (χ0v) is 9.37.